The number of hydrogen-bond acceptors (Lipinski definition) is 6. The van der Waals surface area contributed by atoms with Crippen molar-refractivity contribution in [2.45, 2.75) is 6.42 Å². The third kappa shape index (κ3) is 3.76. The summed E-state index contributed by atoms with van der Waals surface area (Å²) in [5, 5.41) is 0. The van der Waals surface area contributed by atoms with Gasteiger partial charge in [0.25, 0.3) is 0 Å². The average molecular weight is 395 g/mol. The van der Waals surface area contributed by atoms with E-state index in [4.69, 9.17) is 18.9 Å². The molecule has 0 atom stereocenters. The molecule has 0 N–H and O–H groups in total. The molecule has 1 amide bonds. The van der Waals surface area contributed by atoms with Gasteiger partial charge in [-0.1, -0.05) is 0 Å². The molecule has 2 aromatic rings. The number of fused-ring (bicyclic) bond motifs is 2. The van der Waals surface area contributed by atoms with E-state index in [1.165, 1.54) is 4.90 Å². The van der Waals surface area contributed by atoms with Crippen LogP contribution in [0.4, 0.5) is 0 Å². The summed E-state index contributed by atoms with van der Waals surface area (Å²) in [6.45, 7) is 0.879. The van der Waals surface area contributed by atoms with Gasteiger partial charge in [-0.15, -0.1) is 0 Å². The van der Waals surface area contributed by atoms with Gasteiger partial charge in [-0.25, -0.2) is 0 Å². The highest BCUT2D eigenvalue weighted by molar-refractivity contribution is 6.00. The third-order valence-electron chi connectivity index (χ3n) is 4.92. The lowest BCUT2D eigenvalue weighted by Gasteiger charge is -2.20. The van der Waals surface area contributed by atoms with Crippen LogP contribution >= 0.6 is 0 Å². The summed E-state index contributed by atoms with van der Waals surface area (Å²) in [7, 11) is 3.12. The van der Waals surface area contributed by atoms with E-state index in [0.29, 0.717) is 41.8 Å². The molecule has 7 nitrogen and oxygen atoms in total. The van der Waals surface area contributed by atoms with Gasteiger partial charge in [0.15, 0.2) is 28.8 Å². The zero-order valence-corrected chi connectivity index (χ0v) is 16.3. The number of ether oxygens (including phenoxy) is 4. The normalized spacial score (nSPS) is 14.8. The minimum Gasteiger partial charge on any atom is -0.493 e. The molecule has 0 aromatic heterocycles. The smallest absolute Gasteiger partial charge is 0.231 e. The molecule has 2 aliphatic heterocycles. The summed E-state index contributed by atoms with van der Waals surface area (Å²) >= 11 is 0. The topological polar surface area (TPSA) is 74.3 Å². The zero-order chi connectivity index (χ0) is 20.4. The Morgan fingerprint density at radius 3 is 2.52 bits per heavy atom. The Labute approximate surface area is 168 Å². The zero-order valence-electron chi connectivity index (χ0n) is 16.3. The summed E-state index contributed by atoms with van der Waals surface area (Å²) < 4.78 is 21.7. The van der Waals surface area contributed by atoms with Crippen molar-refractivity contribution in [1.29, 1.82) is 0 Å². The summed E-state index contributed by atoms with van der Waals surface area (Å²) in [6.07, 6.45) is 3.60. The molecule has 0 aliphatic carbocycles. The number of nitrogens with zero attached hydrogens (tertiary/aromatic N) is 1. The number of rotatable bonds is 5. The Hall–Kier alpha value is -3.48. The fourth-order valence-corrected chi connectivity index (χ4v) is 3.37. The molecule has 0 saturated carbocycles. The molecule has 0 saturated heterocycles. The van der Waals surface area contributed by atoms with Gasteiger partial charge in [-0.2, -0.15) is 0 Å². The van der Waals surface area contributed by atoms with Crippen LogP contribution in [0.2, 0.25) is 0 Å². The number of ketones is 1. The molecule has 0 radical (unpaired) electrons. The highest BCUT2D eigenvalue weighted by atomic mass is 16.6. The number of methoxy groups -OCH3 is 2. The van der Waals surface area contributed by atoms with Crippen molar-refractivity contribution >= 4 is 17.8 Å². The lowest BCUT2D eigenvalue weighted by atomic mass is 10.0. The molecular weight excluding hydrogens is 374 g/mol. The fraction of sp³-hybridized carbons (Fsp3) is 0.273. The van der Waals surface area contributed by atoms with Crippen LogP contribution in [-0.4, -0.2) is 50.6 Å². The standard InChI is InChI=1S/C22H21NO6/c1-26-19-9-14-5-6-23(22(25)12-16(14)11-20(19)27-2)13-17(24)15-3-4-18-21(10-15)29-8-7-28-18/h3-6,9-11H,7-8,12-13H2,1-2H3. The van der Waals surface area contributed by atoms with Crippen molar-refractivity contribution in [3.05, 3.63) is 53.2 Å². The molecule has 7 heteroatoms. The Morgan fingerprint density at radius 1 is 1.03 bits per heavy atom. The predicted octanol–water partition coefficient (Wildman–Crippen LogP) is 2.71. The maximum Gasteiger partial charge on any atom is 0.231 e. The monoisotopic (exact) mass is 395 g/mol. The molecule has 2 aliphatic rings. The molecule has 4 rings (SSSR count). The van der Waals surface area contributed by atoms with E-state index in [1.807, 2.05) is 6.07 Å². The molecule has 150 valence electrons. The van der Waals surface area contributed by atoms with Crippen LogP contribution in [0, 0.1) is 0 Å². The summed E-state index contributed by atoms with van der Waals surface area (Å²) in [5.74, 6) is 1.97. The second-order valence-corrected chi connectivity index (χ2v) is 6.70. The van der Waals surface area contributed by atoms with E-state index >= 15 is 0 Å². The lowest BCUT2D eigenvalue weighted by molar-refractivity contribution is -0.127. The van der Waals surface area contributed by atoms with Crippen LogP contribution in [-0.2, 0) is 11.2 Å². The first-order valence-electron chi connectivity index (χ1n) is 9.24. The van der Waals surface area contributed by atoms with Crippen LogP contribution in [0.15, 0.2) is 36.5 Å². The highest BCUT2D eigenvalue weighted by Gasteiger charge is 2.23. The number of amides is 1. The van der Waals surface area contributed by atoms with Gasteiger partial charge in [0.2, 0.25) is 5.91 Å². The van der Waals surface area contributed by atoms with Crippen LogP contribution in [0.25, 0.3) is 6.08 Å². The van der Waals surface area contributed by atoms with Crippen molar-refractivity contribution in [2.24, 2.45) is 0 Å². The Morgan fingerprint density at radius 2 is 1.76 bits per heavy atom. The van der Waals surface area contributed by atoms with Crippen molar-refractivity contribution in [1.82, 2.24) is 4.90 Å². The first kappa shape index (κ1) is 18.9. The molecule has 2 heterocycles. The van der Waals surface area contributed by atoms with E-state index in [-0.39, 0.29) is 24.7 Å². The Balaban J connectivity index is 1.54. The first-order valence-corrected chi connectivity index (χ1v) is 9.24. The van der Waals surface area contributed by atoms with E-state index in [2.05, 4.69) is 0 Å². The van der Waals surface area contributed by atoms with Gasteiger partial charge in [0.05, 0.1) is 27.2 Å². The SMILES string of the molecule is COc1cc2c(cc1OC)CC(=O)N(CC(=O)c1ccc3c(c1)OCCO3)C=C2. The molecule has 2 aromatic carbocycles. The highest BCUT2D eigenvalue weighted by Crippen LogP contribution is 2.33. The molecular formula is C22H21NO6. The van der Waals surface area contributed by atoms with Gasteiger partial charge >= 0.3 is 0 Å². The second kappa shape index (κ2) is 7.87. The maximum atomic E-state index is 12.8. The molecule has 0 bridgehead atoms. The quantitative estimate of drug-likeness (QED) is 0.725. The second-order valence-electron chi connectivity index (χ2n) is 6.70. The predicted molar refractivity (Wildman–Crippen MR) is 106 cm³/mol. The third-order valence-corrected chi connectivity index (χ3v) is 4.92. The fourth-order valence-electron chi connectivity index (χ4n) is 3.37. The summed E-state index contributed by atoms with van der Waals surface area (Å²) in [5.41, 5.74) is 2.14. The van der Waals surface area contributed by atoms with Gasteiger partial charge in [0, 0.05) is 11.8 Å². The molecule has 0 fully saturated rings. The van der Waals surface area contributed by atoms with E-state index in [9.17, 15) is 9.59 Å². The summed E-state index contributed by atoms with van der Waals surface area (Å²) in [4.78, 5) is 26.9. The van der Waals surface area contributed by atoms with Crippen molar-refractivity contribution in [3.63, 3.8) is 0 Å². The largest absolute Gasteiger partial charge is 0.493 e. The van der Waals surface area contributed by atoms with Crippen molar-refractivity contribution in [3.8, 4) is 23.0 Å². The molecule has 0 spiro atoms. The first-order chi connectivity index (χ1) is 14.1. The van der Waals surface area contributed by atoms with Crippen LogP contribution in [0.1, 0.15) is 21.5 Å². The van der Waals surface area contributed by atoms with Gasteiger partial charge in [-0.3, -0.25) is 9.59 Å². The van der Waals surface area contributed by atoms with Gasteiger partial charge in [0.1, 0.15) is 13.2 Å². The Bertz CT molecular complexity index is 997. The van der Waals surface area contributed by atoms with Crippen LogP contribution in [0.3, 0.4) is 0 Å². The van der Waals surface area contributed by atoms with E-state index in [1.54, 1.807) is 50.8 Å². The molecule has 29 heavy (non-hydrogen) atoms. The van der Waals surface area contributed by atoms with Crippen molar-refractivity contribution < 1.29 is 28.5 Å². The minimum absolute atomic E-state index is 0.0583. The van der Waals surface area contributed by atoms with Gasteiger partial charge < -0.3 is 23.8 Å². The van der Waals surface area contributed by atoms with E-state index in [0.717, 1.165) is 11.1 Å². The average Bonchev–Trinajstić information content (AvgIpc) is 2.90. The van der Waals surface area contributed by atoms with Crippen molar-refractivity contribution in [2.75, 3.05) is 34.0 Å². The van der Waals surface area contributed by atoms with Gasteiger partial charge in [-0.05, 0) is 47.5 Å². The number of carbonyl (C=O) groups excluding carboxylic acids is 2. The number of hydrogen-bond donors (Lipinski definition) is 0. The van der Waals surface area contributed by atoms with E-state index < -0.39 is 0 Å². The summed E-state index contributed by atoms with van der Waals surface area (Å²) in [6, 6.07) is 8.68. The number of benzene rings is 2. The van der Waals surface area contributed by atoms with Crippen LogP contribution in [0.5, 0.6) is 23.0 Å². The molecule has 0 unspecified atom stereocenters. The number of carbonyl (C=O) groups is 2. The number of Topliss-reactive ketones (excluding diaryl/α,β-unsaturated/α-hetero) is 1. The van der Waals surface area contributed by atoms with Crippen LogP contribution < -0.4 is 18.9 Å². The Kier molecular flexibility index (Phi) is 5.12. The lowest BCUT2D eigenvalue weighted by Crippen LogP contribution is -2.31. The maximum absolute atomic E-state index is 12.8. The minimum atomic E-state index is -0.180.